The van der Waals surface area contributed by atoms with Crippen LogP contribution in [0.4, 0.5) is 0 Å². The van der Waals surface area contributed by atoms with E-state index in [9.17, 15) is 0 Å². The first kappa shape index (κ1) is 19.2. The number of tetrazole rings is 1. The van der Waals surface area contributed by atoms with E-state index in [0.717, 1.165) is 22.3 Å². The average Bonchev–Trinajstić information content (AvgIpc) is 3.32. The normalized spacial score (nSPS) is 11.4. The highest BCUT2D eigenvalue weighted by Gasteiger charge is 2.41. The maximum Gasteiger partial charge on any atom is 0.185 e. The second-order valence-electron chi connectivity index (χ2n) is 7.20. The van der Waals surface area contributed by atoms with E-state index in [2.05, 4.69) is 51.9 Å². The molecule has 5 aromatic rings. The van der Waals surface area contributed by atoms with E-state index < -0.39 is 5.54 Å². The number of hydrogen-bond acceptors (Lipinski definition) is 3. The Labute approximate surface area is 185 Å². The summed E-state index contributed by atoms with van der Waals surface area (Å²) in [6.45, 7) is 0. The maximum atomic E-state index is 6.57. The fourth-order valence-corrected chi connectivity index (χ4v) is 4.35. The van der Waals surface area contributed by atoms with E-state index in [-0.39, 0.29) is 0 Å². The molecule has 0 radical (unpaired) electrons. The predicted octanol–water partition coefficient (Wildman–Crippen LogP) is 5.83. The van der Waals surface area contributed by atoms with Gasteiger partial charge in [-0.15, -0.1) is 5.10 Å². The van der Waals surface area contributed by atoms with Gasteiger partial charge in [-0.05, 0) is 39.2 Å². The van der Waals surface area contributed by atoms with Crippen LogP contribution < -0.4 is 0 Å². The zero-order valence-electron chi connectivity index (χ0n) is 16.6. The van der Waals surface area contributed by atoms with Gasteiger partial charge in [-0.2, -0.15) is 0 Å². The first-order valence-electron chi connectivity index (χ1n) is 10.0. The van der Waals surface area contributed by atoms with Gasteiger partial charge in [0, 0.05) is 5.56 Å². The molecule has 150 valence electrons. The fraction of sp³-hybridized carbons (Fsp3) is 0.0385. The van der Waals surface area contributed by atoms with Gasteiger partial charge in [-0.3, -0.25) is 0 Å². The summed E-state index contributed by atoms with van der Waals surface area (Å²) in [5.41, 5.74) is 3.14. The molecule has 0 aliphatic rings. The molecule has 0 unspecified atom stereocenters. The predicted molar refractivity (Wildman–Crippen MR) is 123 cm³/mol. The molecule has 0 fully saturated rings. The molecule has 0 aliphatic carbocycles. The van der Waals surface area contributed by atoms with Crippen LogP contribution in [0.1, 0.15) is 16.7 Å². The van der Waals surface area contributed by atoms with Crippen molar-refractivity contribution in [3.8, 4) is 11.4 Å². The molecule has 0 N–H and O–H groups in total. The SMILES string of the molecule is Clc1ccccc1-c1nnnn1C(c1ccccc1)(c1ccccc1)c1ccccc1. The molecular formula is C26H19ClN4. The Kier molecular flexibility index (Phi) is 5.06. The molecule has 4 nitrogen and oxygen atoms in total. The van der Waals surface area contributed by atoms with Gasteiger partial charge >= 0.3 is 0 Å². The highest BCUT2D eigenvalue weighted by Crippen LogP contribution is 2.42. The van der Waals surface area contributed by atoms with E-state index in [1.54, 1.807) is 0 Å². The summed E-state index contributed by atoms with van der Waals surface area (Å²) in [4.78, 5) is 0. The second kappa shape index (κ2) is 8.17. The maximum absolute atomic E-state index is 6.57. The monoisotopic (exact) mass is 422 g/mol. The van der Waals surface area contributed by atoms with Crippen molar-refractivity contribution in [3.63, 3.8) is 0 Å². The number of aromatic nitrogens is 4. The van der Waals surface area contributed by atoms with Gasteiger partial charge in [0.2, 0.25) is 0 Å². The van der Waals surface area contributed by atoms with E-state index in [1.807, 2.05) is 83.5 Å². The van der Waals surface area contributed by atoms with Gasteiger partial charge in [-0.1, -0.05) is 115 Å². The Bertz CT molecular complexity index is 1190. The Morgan fingerprint density at radius 1 is 0.581 bits per heavy atom. The summed E-state index contributed by atoms with van der Waals surface area (Å²) in [5.74, 6) is 0.599. The number of halogens is 1. The highest BCUT2D eigenvalue weighted by molar-refractivity contribution is 6.33. The summed E-state index contributed by atoms with van der Waals surface area (Å²) < 4.78 is 1.88. The van der Waals surface area contributed by atoms with Crippen LogP contribution in [0.15, 0.2) is 115 Å². The topological polar surface area (TPSA) is 43.6 Å². The van der Waals surface area contributed by atoms with Crippen molar-refractivity contribution < 1.29 is 0 Å². The van der Waals surface area contributed by atoms with Gasteiger partial charge in [-0.25, -0.2) is 4.68 Å². The fourth-order valence-electron chi connectivity index (χ4n) is 4.13. The largest absolute Gasteiger partial charge is 0.205 e. The van der Waals surface area contributed by atoms with Gasteiger partial charge < -0.3 is 0 Å². The third-order valence-corrected chi connectivity index (χ3v) is 5.81. The highest BCUT2D eigenvalue weighted by atomic mass is 35.5. The number of rotatable bonds is 5. The third kappa shape index (κ3) is 3.22. The van der Waals surface area contributed by atoms with Gasteiger partial charge in [0.1, 0.15) is 5.54 Å². The minimum Gasteiger partial charge on any atom is -0.205 e. The molecule has 31 heavy (non-hydrogen) atoms. The van der Waals surface area contributed by atoms with Crippen LogP contribution in [0, 0.1) is 0 Å². The third-order valence-electron chi connectivity index (χ3n) is 5.48. The van der Waals surface area contributed by atoms with Crippen molar-refractivity contribution in [1.82, 2.24) is 20.2 Å². The van der Waals surface area contributed by atoms with Crippen LogP contribution in [-0.2, 0) is 5.54 Å². The van der Waals surface area contributed by atoms with Crippen molar-refractivity contribution in [2.45, 2.75) is 5.54 Å². The molecule has 5 rings (SSSR count). The van der Waals surface area contributed by atoms with Crippen LogP contribution in [0.25, 0.3) is 11.4 Å². The van der Waals surface area contributed by atoms with Crippen LogP contribution in [0.3, 0.4) is 0 Å². The summed E-state index contributed by atoms with van der Waals surface area (Å²) >= 11 is 6.57. The molecule has 0 atom stereocenters. The molecule has 0 amide bonds. The Morgan fingerprint density at radius 3 is 1.52 bits per heavy atom. The average molecular weight is 423 g/mol. The first-order valence-corrected chi connectivity index (χ1v) is 10.4. The standard InChI is InChI=1S/C26H19ClN4/c27-24-19-11-10-18-23(24)25-28-29-30-31(25)26(20-12-4-1-5-13-20,21-14-6-2-7-15-21)22-16-8-3-9-17-22/h1-19H. The van der Waals surface area contributed by atoms with Crippen LogP contribution in [0.5, 0.6) is 0 Å². The van der Waals surface area contributed by atoms with Gasteiger partial charge in [0.15, 0.2) is 5.82 Å². The Hall–Kier alpha value is -3.76. The van der Waals surface area contributed by atoms with E-state index in [4.69, 9.17) is 11.6 Å². The number of nitrogens with zero attached hydrogens (tertiary/aromatic N) is 4. The van der Waals surface area contributed by atoms with Crippen molar-refractivity contribution in [2.24, 2.45) is 0 Å². The number of hydrogen-bond donors (Lipinski definition) is 0. The zero-order valence-corrected chi connectivity index (χ0v) is 17.4. The van der Waals surface area contributed by atoms with Gasteiger partial charge in [0.05, 0.1) is 5.02 Å². The van der Waals surface area contributed by atoms with E-state index >= 15 is 0 Å². The molecule has 0 aliphatic heterocycles. The molecule has 0 spiro atoms. The summed E-state index contributed by atoms with van der Waals surface area (Å²) in [6.07, 6.45) is 0. The number of benzene rings is 4. The first-order chi connectivity index (χ1) is 15.3. The van der Waals surface area contributed by atoms with Crippen LogP contribution in [0.2, 0.25) is 5.02 Å². The van der Waals surface area contributed by atoms with Gasteiger partial charge in [0.25, 0.3) is 0 Å². The van der Waals surface area contributed by atoms with Crippen molar-refractivity contribution in [3.05, 3.63) is 137 Å². The van der Waals surface area contributed by atoms with Crippen molar-refractivity contribution in [1.29, 1.82) is 0 Å². The van der Waals surface area contributed by atoms with Crippen molar-refractivity contribution >= 4 is 11.6 Å². The van der Waals surface area contributed by atoms with E-state index in [1.165, 1.54) is 0 Å². The lowest BCUT2D eigenvalue weighted by Crippen LogP contribution is -2.39. The molecule has 1 heterocycles. The van der Waals surface area contributed by atoms with Crippen molar-refractivity contribution in [2.75, 3.05) is 0 Å². The lowest BCUT2D eigenvalue weighted by molar-refractivity contribution is 0.451. The molecule has 1 aromatic heterocycles. The smallest absolute Gasteiger partial charge is 0.185 e. The minimum atomic E-state index is -0.790. The molecule has 5 heteroatoms. The minimum absolute atomic E-state index is 0.599. The quantitative estimate of drug-likeness (QED) is 0.334. The summed E-state index contributed by atoms with van der Waals surface area (Å²) in [6, 6.07) is 38.6. The summed E-state index contributed by atoms with van der Waals surface area (Å²) in [5, 5.41) is 13.6. The lowest BCUT2D eigenvalue weighted by atomic mass is 9.77. The molecule has 0 bridgehead atoms. The Balaban J connectivity index is 1.92. The molecule has 0 saturated heterocycles. The molecular weight excluding hydrogens is 404 g/mol. The summed E-state index contributed by atoms with van der Waals surface area (Å²) in [7, 11) is 0. The van der Waals surface area contributed by atoms with E-state index in [0.29, 0.717) is 10.8 Å². The molecule has 0 saturated carbocycles. The zero-order chi connectivity index (χ0) is 21.1. The lowest BCUT2D eigenvalue weighted by Gasteiger charge is -2.36. The van der Waals surface area contributed by atoms with Crippen LogP contribution in [-0.4, -0.2) is 20.2 Å². The Morgan fingerprint density at radius 2 is 1.03 bits per heavy atom. The molecule has 4 aromatic carbocycles. The second-order valence-corrected chi connectivity index (χ2v) is 7.61. The van der Waals surface area contributed by atoms with Crippen LogP contribution >= 0.6 is 11.6 Å².